The summed E-state index contributed by atoms with van der Waals surface area (Å²) >= 11 is 7.10. The maximum atomic E-state index is 13.8. The zero-order valence-corrected chi connectivity index (χ0v) is 15.4. The molecule has 0 aliphatic rings. The summed E-state index contributed by atoms with van der Waals surface area (Å²) in [5, 5.41) is 0.948. The van der Waals surface area contributed by atoms with Crippen molar-refractivity contribution in [3.05, 3.63) is 65.7 Å². The fraction of sp³-hybridized carbons (Fsp3) is 0.0625. The fourth-order valence-electron chi connectivity index (χ4n) is 2.05. The van der Waals surface area contributed by atoms with Gasteiger partial charge in [0.1, 0.15) is 10.7 Å². The molecule has 0 bridgehead atoms. The van der Waals surface area contributed by atoms with Crippen LogP contribution < -0.4 is 4.72 Å². The Morgan fingerprint density at radius 3 is 2.52 bits per heavy atom. The van der Waals surface area contributed by atoms with Crippen LogP contribution in [0.1, 0.15) is 0 Å². The van der Waals surface area contributed by atoms with E-state index in [2.05, 4.69) is 9.71 Å². The van der Waals surface area contributed by atoms with Crippen LogP contribution in [0.5, 0.6) is 0 Å². The van der Waals surface area contributed by atoms with Gasteiger partial charge in [-0.25, -0.2) is 17.8 Å². The average molecular weight is 398 g/mol. The molecule has 0 aliphatic carbocycles. The Hall–Kier alpha value is -2.03. The van der Waals surface area contributed by atoms with Gasteiger partial charge in [-0.05, 0) is 42.5 Å². The molecule has 1 heterocycles. The number of nitrogens with zero attached hydrogens (tertiary/aromatic N) is 2. The van der Waals surface area contributed by atoms with Crippen molar-refractivity contribution in [1.29, 1.82) is 0 Å². The van der Waals surface area contributed by atoms with Crippen molar-refractivity contribution in [2.75, 3.05) is 4.72 Å². The van der Waals surface area contributed by atoms with Crippen molar-refractivity contribution in [3.8, 4) is 0 Å². The van der Waals surface area contributed by atoms with Gasteiger partial charge in [0.15, 0.2) is 5.16 Å². The minimum absolute atomic E-state index is 0.132. The Kier molecular flexibility index (Phi) is 5.03. The summed E-state index contributed by atoms with van der Waals surface area (Å²) in [5.41, 5.74) is 0.332. The number of hydrogen-bond donors (Lipinski definition) is 1. The van der Waals surface area contributed by atoms with Gasteiger partial charge in [-0.2, -0.15) is 0 Å². The topological polar surface area (TPSA) is 64.0 Å². The third kappa shape index (κ3) is 4.15. The number of aryl methyl sites for hydroxylation is 1. The van der Waals surface area contributed by atoms with Crippen LogP contribution in [-0.4, -0.2) is 18.0 Å². The number of hydrogen-bond acceptors (Lipinski definition) is 4. The Morgan fingerprint density at radius 2 is 1.92 bits per heavy atom. The molecule has 9 heteroatoms. The van der Waals surface area contributed by atoms with E-state index >= 15 is 0 Å². The number of rotatable bonds is 5. The van der Waals surface area contributed by atoms with E-state index < -0.39 is 20.7 Å². The molecular weight excluding hydrogens is 385 g/mol. The minimum atomic E-state index is -4.04. The van der Waals surface area contributed by atoms with Crippen LogP contribution in [0, 0.1) is 5.82 Å². The first kappa shape index (κ1) is 17.8. The van der Waals surface area contributed by atoms with E-state index in [4.69, 9.17) is 11.6 Å². The lowest BCUT2D eigenvalue weighted by Gasteiger charge is -2.10. The number of sulfonamides is 1. The molecule has 3 aromatic rings. The van der Waals surface area contributed by atoms with Gasteiger partial charge < -0.3 is 4.57 Å². The van der Waals surface area contributed by atoms with Crippen LogP contribution in [0.25, 0.3) is 0 Å². The van der Waals surface area contributed by atoms with Crippen LogP contribution in [0.4, 0.5) is 10.1 Å². The van der Waals surface area contributed by atoms with E-state index in [1.165, 1.54) is 17.8 Å². The highest BCUT2D eigenvalue weighted by Gasteiger charge is 2.19. The average Bonchev–Trinajstić information content (AvgIpc) is 2.93. The summed E-state index contributed by atoms with van der Waals surface area (Å²) in [6, 6.07) is 10.2. The van der Waals surface area contributed by atoms with Gasteiger partial charge in [-0.1, -0.05) is 23.4 Å². The molecule has 0 saturated heterocycles. The molecule has 25 heavy (non-hydrogen) atoms. The Bertz CT molecular complexity index is 1000. The highest BCUT2D eigenvalue weighted by atomic mass is 35.5. The second-order valence-corrected chi connectivity index (χ2v) is 8.26. The van der Waals surface area contributed by atoms with E-state index in [1.807, 2.05) is 17.8 Å². The largest absolute Gasteiger partial charge is 0.329 e. The zero-order valence-electron chi connectivity index (χ0n) is 13.0. The molecule has 0 atom stereocenters. The number of anilines is 1. The van der Waals surface area contributed by atoms with Crippen LogP contribution in [0.2, 0.25) is 5.02 Å². The van der Waals surface area contributed by atoms with Gasteiger partial charge >= 0.3 is 0 Å². The Labute approximate surface area is 153 Å². The monoisotopic (exact) mass is 397 g/mol. The van der Waals surface area contributed by atoms with Gasteiger partial charge in [-0.3, -0.25) is 4.72 Å². The molecule has 3 rings (SSSR count). The van der Waals surface area contributed by atoms with Crippen LogP contribution in [-0.2, 0) is 17.1 Å². The number of imidazole rings is 1. The van der Waals surface area contributed by atoms with Crippen molar-refractivity contribution < 1.29 is 12.8 Å². The quantitative estimate of drug-likeness (QED) is 0.702. The summed E-state index contributed by atoms with van der Waals surface area (Å²) in [6.45, 7) is 0. The molecule has 0 unspecified atom stereocenters. The molecule has 0 amide bonds. The SMILES string of the molecule is Cn1ccnc1Sc1ccc(NS(=O)(=O)c2ccc(Cl)cc2F)cc1. The number of halogens is 2. The molecule has 0 aliphatic heterocycles. The highest BCUT2D eigenvalue weighted by molar-refractivity contribution is 7.99. The third-order valence-corrected chi connectivity index (χ3v) is 6.01. The molecule has 1 aromatic heterocycles. The normalized spacial score (nSPS) is 11.5. The van der Waals surface area contributed by atoms with Crippen molar-refractivity contribution >= 4 is 39.1 Å². The van der Waals surface area contributed by atoms with Gasteiger partial charge in [0.05, 0.1) is 0 Å². The molecule has 0 spiro atoms. The van der Waals surface area contributed by atoms with Crippen molar-refractivity contribution in [3.63, 3.8) is 0 Å². The van der Waals surface area contributed by atoms with Gasteiger partial charge in [0.2, 0.25) is 0 Å². The Morgan fingerprint density at radius 1 is 1.20 bits per heavy atom. The molecule has 0 fully saturated rings. The highest BCUT2D eigenvalue weighted by Crippen LogP contribution is 2.28. The lowest BCUT2D eigenvalue weighted by molar-refractivity contribution is 0.570. The summed E-state index contributed by atoms with van der Waals surface area (Å²) in [6.07, 6.45) is 3.54. The standard InChI is InChI=1S/C16H13ClFN3O2S2/c1-21-9-8-19-16(21)24-13-5-3-12(4-6-13)20-25(22,23)15-7-2-11(17)10-14(15)18/h2-10,20H,1H3. The smallest absolute Gasteiger partial charge is 0.264 e. The summed E-state index contributed by atoms with van der Waals surface area (Å²) in [7, 11) is -2.15. The van der Waals surface area contributed by atoms with E-state index in [0.717, 1.165) is 22.2 Å². The maximum absolute atomic E-state index is 13.8. The van der Waals surface area contributed by atoms with E-state index in [-0.39, 0.29) is 5.02 Å². The third-order valence-electron chi connectivity index (χ3n) is 3.28. The fourth-order valence-corrected chi connectivity index (χ4v) is 4.13. The minimum Gasteiger partial charge on any atom is -0.329 e. The zero-order chi connectivity index (χ0) is 18.0. The second-order valence-electron chi connectivity index (χ2n) is 5.13. The lowest BCUT2D eigenvalue weighted by atomic mass is 10.3. The molecule has 0 radical (unpaired) electrons. The second kappa shape index (κ2) is 7.07. The number of aromatic nitrogens is 2. The molecule has 1 N–H and O–H groups in total. The van der Waals surface area contributed by atoms with E-state index in [0.29, 0.717) is 5.69 Å². The number of nitrogens with one attached hydrogen (secondary N) is 1. The first-order valence-corrected chi connectivity index (χ1v) is 9.76. The van der Waals surface area contributed by atoms with Crippen molar-refractivity contribution in [2.24, 2.45) is 7.05 Å². The first-order chi connectivity index (χ1) is 11.8. The van der Waals surface area contributed by atoms with Crippen LogP contribution in [0.15, 0.2) is 69.8 Å². The van der Waals surface area contributed by atoms with Crippen LogP contribution >= 0.6 is 23.4 Å². The van der Waals surface area contributed by atoms with Gasteiger partial charge in [0, 0.05) is 35.0 Å². The predicted octanol–water partition coefficient (Wildman–Crippen LogP) is 4.16. The summed E-state index contributed by atoms with van der Waals surface area (Å²) in [4.78, 5) is 4.65. The molecule has 5 nitrogen and oxygen atoms in total. The summed E-state index contributed by atoms with van der Waals surface area (Å²) in [5.74, 6) is -0.901. The van der Waals surface area contributed by atoms with Crippen LogP contribution in [0.3, 0.4) is 0 Å². The van der Waals surface area contributed by atoms with E-state index in [9.17, 15) is 12.8 Å². The number of benzene rings is 2. The van der Waals surface area contributed by atoms with Gasteiger partial charge in [-0.15, -0.1) is 0 Å². The predicted molar refractivity (Wildman–Crippen MR) is 96.0 cm³/mol. The van der Waals surface area contributed by atoms with Crippen molar-refractivity contribution in [1.82, 2.24) is 9.55 Å². The first-order valence-electron chi connectivity index (χ1n) is 7.08. The lowest BCUT2D eigenvalue weighted by Crippen LogP contribution is -2.14. The van der Waals surface area contributed by atoms with Crippen molar-refractivity contribution in [2.45, 2.75) is 14.9 Å². The molecule has 0 saturated carbocycles. The molecule has 2 aromatic carbocycles. The Balaban J connectivity index is 1.77. The maximum Gasteiger partial charge on any atom is 0.264 e. The van der Waals surface area contributed by atoms with E-state index in [1.54, 1.807) is 30.5 Å². The van der Waals surface area contributed by atoms with Gasteiger partial charge in [0.25, 0.3) is 10.0 Å². The molecular formula is C16H13ClFN3O2S2. The molecule has 130 valence electrons. The summed E-state index contributed by atoms with van der Waals surface area (Å²) < 4.78 is 42.7.